The molecule has 0 saturated heterocycles. The number of nitrogens with one attached hydrogen (secondary N) is 1. The molecular formula is C22H19F2N3O3. The lowest BCUT2D eigenvalue weighted by atomic mass is 10.0. The zero-order valence-electron chi connectivity index (χ0n) is 16.4. The van der Waals surface area contributed by atoms with Gasteiger partial charge < -0.3 is 14.8 Å². The maximum Gasteiger partial charge on any atom is 0.407 e. The fourth-order valence-electron chi connectivity index (χ4n) is 2.83. The molecule has 154 valence electrons. The molecule has 0 atom stereocenters. The topological polar surface area (TPSA) is 65.4 Å². The number of terminal acetylenes is 1. The lowest BCUT2D eigenvalue weighted by Crippen LogP contribution is -2.22. The summed E-state index contributed by atoms with van der Waals surface area (Å²) in [6, 6.07) is 9.32. The summed E-state index contributed by atoms with van der Waals surface area (Å²) in [5.74, 6) is 0.575. The Bertz CT molecular complexity index is 1100. The van der Waals surface area contributed by atoms with E-state index in [-0.39, 0.29) is 24.6 Å². The molecule has 3 rings (SSSR count). The highest BCUT2D eigenvalue weighted by Crippen LogP contribution is 2.26. The predicted molar refractivity (Wildman–Crippen MR) is 107 cm³/mol. The quantitative estimate of drug-likeness (QED) is 0.623. The number of alkyl carbamates (subject to hydrolysis) is 1. The van der Waals surface area contributed by atoms with Gasteiger partial charge >= 0.3 is 6.09 Å². The van der Waals surface area contributed by atoms with Crippen LogP contribution in [-0.2, 0) is 11.3 Å². The monoisotopic (exact) mass is 411 g/mol. The molecule has 8 heteroatoms. The number of nitrogens with zero attached hydrogens (tertiary/aromatic N) is 2. The normalized spacial score (nSPS) is 10.4. The first kappa shape index (κ1) is 20.9. The molecule has 2 aromatic carbocycles. The number of carbonyl (C=O) groups excluding carboxylic acids is 1. The molecule has 3 aromatic rings. The summed E-state index contributed by atoms with van der Waals surface area (Å²) in [4.78, 5) is 11.3. The molecule has 0 saturated carbocycles. The van der Waals surface area contributed by atoms with E-state index in [0.717, 1.165) is 33.5 Å². The van der Waals surface area contributed by atoms with Crippen molar-refractivity contribution in [3.63, 3.8) is 0 Å². The van der Waals surface area contributed by atoms with E-state index in [0.29, 0.717) is 5.69 Å². The fourth-order valence-corrected chi connectivity index (χ4v) is 2.83. The van der Waals surface area contributed by atoms with Gasteiger partial charge in [0.2, 0.25) is 0 Å². The van der Waals surface area contributed by atoms with Crippen molar-refractivity contribution in [2.75, 3.05) is 13.7 Å². The Kier molecular flexibility index (Phi) is 6.32. The average molecular weight is 411 g/mol. The zero-order chi connectivity index (χ0) is 21.7. The summed E-state index contributed by atoms with van der Waals surface area (Å²) in [5.41, 5.74) is 2.75. The number of carbonyl (C=O) groups is 1. The highest BCUT2D eigenvalue weighted by Gasteiger charge is 2.16. The lowest BCUT2D eigenvalue weighted by molar-refractivity contribution is 0.170. The minimum Gasteiger partial charge on any atom is -0.481 e. The van der Waals surface area contributed by atoms with Gasteiger partial charge in [-0.2, -0.15) is 5.10 Å². The van der Waals surface area contributed by atoms with Gasteiger partial charge in [-0.15, -0.1) is 6.42 Å². The number of amides is 1. The number of ether oxygens (including phenoxy) is 2. The lowest BCUT2D eigenvalue weighted by Gasteiger charge is -2.10. The van der Waals surface area contributed by atoms with Gasteiger partial charge in [0.1, 0.15) is 18.0 Å². The fraction of sp³-hybridized carbons (Fsp3) is 0.182. The van der Waals surface area contributed by atoms with Gasteiger partial charge in [-0.05, 0) is 30.2 Å². The Balaban J connectivity index is 1.88. The van der Waals surface area contributed by atoms with Crippen molar-refractivity contribution in [3.8, 4) is 35.0 Å². The number of rotatable bonds is 6. The van der Waals surface area contributed by atoms with Crippen LogP contribution in [0.4, 0.5) is 13.6 Å². The van der Waals surface area contributed by atoms with E-state index in [1.807, 2.05) is 25.1 Å². The molecule has 6 nitrogen and oxygen atoms in total. The van der Waals surface area contributed by atoms with Gasteiger partial charge in [0.25, 0.3) is 0 Å². The number of methoxy groups -OCH3 is 1. The Morgan fingerprint density at radius 1 is 1.23 bits per heavy atom. The molecule has 1 amide bonds. The number of aromatic nitrogens is 2. The van der Waals surface area contributed by atoms with Crippen LogP contribution in [0.3, 0.4) is 0 Å². The maximum atomic E-state index is 14.5. The van der Waals surface area contributed by atoms with E-state index < -0.39 is 17.7 Å². The average Bonchev–Trinajstić information content (AvgIpc) is 3.20. The number of halogens is 2. The van der Waals surface area contributed by atoms with Crippen molar-refractivity contribution in [1.29, 1.82) is 0 Å². The van der Waals surface area contributed by atoms with Gasteiger partial charge in [0.15, 0.2) is 11.6 Å². The van der Waals surface area contributed by atoms with Gasteiger partial charge in [0.05, 0.1) is 12.8 Å². The third kappa shape index (κ3) is 4.58. The van der Waals surface area contributed by atoms with Crippen molar-refractivity contribution in [3.05, 3.63) is 65.4 Å². The van der Waals surface area contributed by atoms with Crippen molar-refractivity contribution in [2.45, 2.75) is 13.5 Å². The van der Waals surface area contributed by atoms with E-state index in [2.05, 4.69) is 21.1 Å². The van der Waals surface area contributed by atoms with E-state index in [1.54, 1.807) is 6.07 Å². The smallest absolute Gasteiger partial charge is 0.407 e. The van der Waals surface area contributed by atoms with Gasteiger partial charge in [-0.3, -0.25) is 0 Å². The first-order valence-corrected chi connectivity index (χ1v) is 8.96. The summed E-state index contributed by atoms with van der Waals surface area (Å²) in [6.45, 7) is 2.09. The van der Waals surface area contributed by atoms with E-state index in [9.17, 15) is 13.6 Å². The standard InChI is InChI=1S/C22H19F2N3O3/c1-4-9-30-17-11-18(23)21(19(24)12-17)27-8-7-20(26-27)15-6-5-14(2)16(10-15)13-25-22(28)29-3/h1,5-8,10-12H,9,13H2,2-3H3,(H,25,28). The van der Waals surface area contributed by atoms with Gasteiger partial charge in [-0.1, -0.05) is 18.1 Å². The summed E-state index contributed by atoms with van der Waals surface area (Å²) in [7, 11) is 1.29. The molecule has 0 aliphatic heterocycles. The van der Waals surface area contributed by atoms with Crippen LogP contribution in [0.2, 0.25) is 0 Å². The molecule has 1 N–H and O–H groups in total. The second-order valence-electron chi connectivity index (χ2n) is 6.36. The Labute approximate surface area is 172 Å². The van der Waals surface area contributed by atoms with Crippen LogP contribution >= 0.6 is 0 Å². The van der Waals surface area contributed by atoms with Crippen LogP contribution in [0.15, 0.2) is 42.6 Å². The largest absolute Gasteiger partial charge is 0.481 e. The van der Waals surface area contributed by atoms with Crippen LogP contribution in [0.1, 0.15) is 11.1 Å². The summed E-state index contributed by atoms with van der Waals surface area (Å²) < 4.78 is 39.7. The van der Waals surface area contributed by atoms with E-state index in [1.165, 1.54) is 13.3 Å². The molecule has 0 aliphatic rings. The van der Waals surface area contributed by atoms with Crippen LogP contribution in [0, 0.1) is 30.9 Å². The van der Waals surface area contributed by atoms with Gasteiger partial charge in [-0.25, -0.2) is 18.3 Å². The highest BCUT2D eigenvalue weighted by molar-refractivity contribution is 5.67. The van der Waals surface area contributed by atoms with Crippen molar-refractivity contribution in [1.82, 2.24) is 15.1 Å². The molecule has 0 fully saturated rings. The molecule has 0 aliphatic carbocycles. The highest BCUT2D eigenvalue weighted by atomic mass is 19.1. The van der Waals surface area contributed by atoms with Gasteiger partial charge in [0, 0.05) is 30.4 Å². The van der Waals surface area contributed by atoms with Crippen molar-refractivity contribution >= 4 is 6.09 Å². The second kappa shape index (κ2) is 9.09. The summed E-state index contributed by atoms with van der Waals surface area (Å²) in [5, 5.41) is 6.92. The third-order valence-corrected chi connectivity index (χ3v) is 4.38. The number of hydrogen-bond donors (Lipinski definition) is 1. The molecular weight excluding hydrogens is 392 g/mol. The molecule has 30 heavy (non-hydrogen) atoms. The SMILES string of the molecule is C#CCOc1cc(F)c(-n2ccc(-c3ccc(C)c(CNC(=O)OC)c3)n2)c(F)c1. The Morgan fingerprint density at radius 3 is 2.63 bits per heavy atom. The van der Waals surface area contributed by atoms with Crippen molar-refractivity contribution in [2.24, 2.45) is 0 Å². The minimum absolute atomic E-state index is 0.000335. The van der Waals surface area contributed by atoms with Crippen LogP contribution in [0.25, 0.3) is 16.9 Å². The van der Waals surface area contributed by atoms with E-state index >= 15 is 0 Å². The Hall–Kier alpha value is -3.86. The minimum atomic E-state index is -0.830. The summed E-state index contributed by atoms with van der Waals surface area (Å²) in [6.07, 6.45) is 6.01. The molecule has 0 unspecified atom stereocenters. The van der Waals surface area contributed by atoms with E-state index in [4.69, 9.17) is 11.2 Å². The number of benzene rings is 2. The number of aryl methyl sites for hydroxylation is 1. The molecule has 0 spiro atoms. The summed E-state index contributed by atoms with van der Waals surface area (Å²) >= 11 is 0. The van der Waals surface area contributed by atoms with Crippen LogP contribution in [-0.4, -0.2) is 29.6 Å². The number of hydrogen-bond acceptors (Lipinski definition) is 4. The van der Waals surface area contributed by atoms with Crippen LogP contribution in [0.5, 0.6) is 5.75 Å². The molecule has 1 aromatic heterocycles. The predicted octanol–water partition coefficient (Wildman–Crippen LogP) is 3.99. The van der Waals surface area contributed by atoms with Crippen molar-refractivity contribution < 1.29 is 23.0 Å². The first-order valence-electron chi connectivity index (χ1n) is 8.96. The maximum absolute atomic E-state index is 14.5. The zero-order valence-corrected chi connectivity index (χ0v) is 16.4. The third-order valence-electron chi connectivity index (χ3n) is 4.38. The molecule has 1 heterocycles. The first-order chi connectivity index (χ1) is 14.4. The molecule has 0 bridgehead atoms. The Morgan fingerprint density at radius 2 is 1.97 bits per heavy atom. The molecule has 0 radical (unpaired) electrons. The second-order valence-corrected chi connectivity index (χ2v) is 6.36. The van der Waals surface area contributed by atoms with Crippen LogP contribution < -0.4 is 10.1 Å².